The van der Waals surface area contributed by atoms with Gasteiger partial charge in [0.15, 0.2) is 0 Å². The molecule has 3 aromatic carbocycles. The predicted molar refractivity (Wildman–Crippen MR) is 111 cm³/mol. The van der Waals surface area contributed by atoms with Crippen molar-refractivity contribution in [2.24, 2.45) is 0 Å². The number of nitrogens with zero attached hydrogens (tertiary/aromatic N) is 1. The van der Waals surface area contributed by atoms with Gasteiger partial charge in [-0.15, -0.1) is 0 Å². The number of carbonyl (C=O) groups is 2. The van der Waals surface area contributed by atoms with Gasteiger partial charge in [-0.3, -0.25) is 15.0 Å². The van der Waals surface area contributed by atoms with Crippen LogP contribution in [0.5, 0.6) is 5.75 Å². The second-order valence-electron chi connectivity index (χ2n) is 6.49. The zero-order valence-corrected chi connectivity index (χ0v) is 16.3. The Morgan fingerprint density at radius 2 is 1.79 bits per heavy atom. The Balaban J connectivity index is 1.72. The molecule has 146 valence electrons. The van der Waals surface area contributed by atoms with Crippen LogP contribution in [0.15, 0.2) is 72.8 Å². The smallest absolute Gasteiger partial charge is 0.276 e. The van der Waals surface area contributed by atoms with Crippen molar-refractivity contribution in [1.29, 1.82) is 0 Å². The van der Waals surface area contributed by atoms with Crippen LogP contribution in [0.4, 0.5) is 5.69 Å². The summed E-state index contributed by atoms with van der Waals surface area (Å²) in [5.41, 5.74) is 4.99. The van der Waals surface area contributed by atoms with E-state index in [1.807, 2.05) is 18.2 Å². The molecule has 3 aromatic rings. The minimum Gasteiger partial charge on any atom is -0.497 e. The van der Waals surface area contributed by atoms with Gasteiger partial charge < -0.3 is 10.1 Å². The lowest BCUT2D eigenvalue weighted by Crippen LogP contribution is -2.52. The average Bonchev–Trinajstić information content (AvgIpc) is 2.76. The molecule has 0 aliphatic carbocycles. The van der Waals surface area contributed by atoms with Gasteiger partial charge in [-0.2, -0.15) is 0 Å². The Morgan fingerprint density at radius 3 is 2.48 bits per heavy atom. The summed E-state index contributed by atoms with van der Waals surface area (Å²) >= 11 is 6.08. The molecule has 0 spiro atoms. The fraction of sp³-hybridized carbons (Fsp3) is 0.0909. The highest BCUT2D eigenvalue weighted by Gasteiger charge is 2.34. The molecule has 6 nitrogen and oxygen atoms in total. The summed E-state index contributed by atoms with van der Waals surface area (Å²) in [6.45, 7) is 0. The standard InChI is InChI=1S/C22H18ClN3O3/c1-29-17-10-7-14(8-11-17)20-24-19-12-9-16(23)13-18(19)22(28)26(20)25-21(27)15-5-3-2-4-6-15/h2-13,20,24H,1H3,(H,25,27). The van der Waals surface area contributed by atoms with E-state index in [0.29, 0.717) is 27.6 Å². The van der Waals surface area contributed by atoms with Gasteiger partial charge in [-0.05, 0) is 48.0 Å². The first kappa shape index (κ1) is 18.8. The molecule has 1 aliphatic heterocycles. The number of fused-ring (bicyclic) bond motifs is 1. The van der Waals surface area contributed by atoms with E-state index in [1.165, 1.54) is 5.01 Å². The molecule has 0 bridgehead atoms. The molecule has 1 heterocycles. The van der Waals surface area contributed by atoms with Crippen LogP contribution in [-0.4, -0.2) is 23.9 Å². The molecule has 1 aliphatic rings. The topological polar surface area (TPSA) is 70.7 Å². The highest BCUT2D eigenvalue weighted by molar-refractivity contribution is 6.31. The summed E-state index contributed by atoms with van der Waals surface area (Å²) in [5.74, 6) is -0.0426. The first-order chi connectivity index (χ1) is 14.1. The van der Waals surface area contributed by atoms with Gasteiger partial charge in [0.2, 0.25) is 0 Å². The van der Waals surface area contributed by atoms with E-state index >= 15 is 0 Å². The molecular weight excluding hydrogens is 390 g/mol. The number of halogens is 1. The zero-order valence-electron chi connectivity index (χ0n) is 15.6. The van der Waals surface area contributed by atoms with Crippen LogP contribution in [0, 0.1) is 0 Å². The summed E-state index contributed by atoms with van der Waals surface area (Å²) in [6.07, 6.45) is -0.602. The molecule has 4 rings (SSSR count). The van der Waals surface area contributed by atoms with E-state index in [4.69, 9.17) is 16.3 Å². The van der Waals surface area contributed by atoms with Crippen LogP contribution in [-0.2, 0) is 0 Å². The highest BCUT2D eigenvalue weighted by Crippen LogP contribution is 2.34. The summed E-state index contributed by atoms with van der Waals surface area (Å²) in [5, 5.41) is 5.03. The summed E-state index contributed by atoms with van der Waals surface area (Å²) in [7, 11) is 1.59. The van der Waals surface area contributed by atoms with Gasteiger partial charge in [0.05, 0.1) is 12.7 Å². The number of carbonyl (C=O) groups excluding carboxylic acids is 2. The van der Waals surface area contributed by atoms with Gasteiger partial charge in [-0.25, -0.2) is 5.01 Å². The highest BCUT2D eigenvalue weighted by atomic mass is 35.5. The van der Waals surface area contributed by atoms with Crippen molar-refractivity contribution in [1.82, 2.24) is 10.4 Å². The number of nitrogens with one attached hydrogen (secondary N) is 2. The first-order valence-corrected chi connectivity index (χ1v) is 9.34. The first-order valence-electron chi connectivity index (χ1n) is 8.96. The molecule has 0 saturated heterocycles. The number of methoxy groups -OCH3 is 1. The Hall–Kier alpha value is -3.51. The van der Waals surface area contributed by atoms with Crippen molar-refractivity contribution >= 4 is 29.1 Å². The second-order valence-corrected chi connectivity index (χ2v) is 6.93. The maximum Gasteiger partial charge on any atom is 0.276 e. The molecule has 0 fully saturated rings. The van der Waals surface area contributed by atoms with Gasteiger partial charge in [0, 0.05) is 16.3 Å². The molecule has 2 N–H and O–H groups in total. The molecular formula is C22H18ClN3O3. The average molecular weight is 408 g/mol. The lowest BCUT2D eigenvalue weighted by Gasteiger charge is -2.37. The van der Waals surface area contributed by atoms with E-state index in [2.05, 4.69) is 10.7 Å². The number of hydrogen-bond acceptors (Lipinski definition) is 4. The van der Waals surface area contributed by atoms with Crippen molar-refractivity contribution < 1.29 is 14.3 Å². The third-order valence-electron chi connectivity index (χ3n) is 4.67. The Morgan fingerprint density at radius 1 is 1.07 bits per heavy atom. The van der Waals surface area contributed by atoms with E-state index in [-0.39, 0.29) is 11.8 Å². The van der Waals surface area contributed by atoms with Crippen molar-refractivity contribution in [3.8, 4) is 5.75 Å². The van der Waals surface area contributed by atoms with Crippen LogP contribution in [0.1, 0.15) is 32.4 Å². The number of hydrazine groups is 1. The number of amides is 2. The van der Waals surface area contributed by atoms with Crippen LogP contribution >= 0.6 is 11.6 Å². The number of rotatable bonds is 4. The monoisotopic (exact) mass is 407 g/mol. The van der Waals surface area contributed by atoms with E-state index in [9.17, 15) is 9.59 Å². The van der Waals surface area contributed by atoms with E-state index < -0.39 is 6.17 Å². The molecule has 0 radical (unpaired) electrons. The van der Waals surface area contributed by atoms with Crippen LogP contribution < -0.4 is 15.5 Å². The van der Waals surface area contributed by atoms with Crippen LogP contribution in [0.25, 0.3) is 0 Å². The molecule has 1 atom stereocenters. The second kappa shape index (κ2) is 7.85. The number of anilines is 1. The number of ether oxygens (including phenoxy) is 1. The molecule has 29 heavy (non-hydrogen) atoms. The maximum absolute atomic E-state index is 13.2. The van der Waals surface area contributed by atoms with E-state index in [1.54, 1.807) is 61.7 Å². The predicted octanol–water partition coefficient (Wildman–Crippen LogP) is 4.26. The van der Waals surface area contributed by atoms with Crippen LogP contribution in [0.2, 0.25) is 5.02 Å². The SMILES string of the molecule is COc1ccc(C2Nc3ccc(Cl)cc3C(=O)N2NC(=O)c2ccccc2)cc1. The third-order valence-corrected chi connectivity index (χ3v) is 4.91. The quantitative estimate of drug-likeness (QED) is 0.678. The number of benzene rings is 3. The fourth-order valence-corrected chi connectivity index (χ4v) is 3.35. The molecule has 2 amide bonds. The summed E-state index contributed by atoms with van der Waals surface area (Å²) in [6, 6.07) is 21.1. The lowest BCUT2D eigenvalue weighted by atomic mass is 10.0. The third kappa shape index (κ3) is 3.75. The minimum atomic E-state index is -0.602. The van der Waals surface area contributed by atoms with Gasteiger partial charge >= 0.3 is 0 Å². The fourth-order valence-electron chi connectivity index (χ4n) is 3.18. The zero-order chi connectivity index (χ0) is 20.4. The molecule has 1 unspecified atom stereocenters. The lowest BCUT2D eigenvalue weighted by molar-refractivity contribution is 0.0491. The van der Waals surface area contributed by atoms with Crippen molar-refractivity contribution in [3.05, 3.63) is 94.5 Å². The molecule has 0 saturated carbocycles. The number of hydrogen-bond donors (Lipinski definition) is 2. The van der Waals surface area contributed by atoms with Crippen molar-refractivity contribution in [3.63, 3.8) is 0 Å². The van der Waals surface area contributed by atoms with Crippen molar-refractivity contribution in [2.75, 3.05) is 12.4 Å². The van der Waals surface area contributed by atoms with Gasteiger partial charge in [0.1, 0.15) is 11.9 Å². The molecule has 7 heteroatoms. The van der Waals surface area contributed by atoms with Crippen LogP contribution in [0.3, 0.4) is 0 Å². The Kier molecular flexibility index (Phi) is 5.10. The summed E-state index contributed by atoms with van der Waals surface area (Å²) in [4.78, 5) is 26.0. The van der Waals surface area contributed by atoms with E-state index in [0.717, 1.165) is 5.56 Å². The Bertz CT molecular complexity index is 1050. The summed E-state index contributed by atoms with van der Waals surface area (Å²) < 4.78 is 5.21. The minimum absolute atomic E-state index is 0.355. The van der Waals surface area contributed by atoms with Gasteiger partial charge in [-0.1, -0.05) is 41.9 Å². The van der Waals surface area contributed by atoms with Gasteiger partial charge in [0.25, 0.3) is 11.8 Å². The Labute approximate surface area is 173 Å². The molecule has 0 aromatic heterocycles. The maximum atomic E-state index is 13.2. The van der Waals surface area contributed by atoms with Crippen molar-refractivity contribution in [2.45, 2.75) is 6.17 Å². The normalized spacial score (nSPS) is 15.3. The largest absolute Gasteiger partial charge is 0.497 e.